The monoisotopic (exact) mass is 469 g/mol. The fourth-order valence-electron chi connectivity index (χ4n) is 3.76. The molecule has 0 spiro atoms. The average molecular weight is 470 g/mol. The number of rotatable bonds is 4. The Morgan fingerprint density at radius 1 is 0.939 bits per heavy atom. The first-order chi connectivity index (χ1) is 16.0. The number of carbonyl (C=O) groups excluding carboxylic acids is 1. The number of pyridine rings is 1. The number of aromatic nitrogens is 1. The van der Waals surface area contributed by atoms with Crippen molar-refractivity contribution in [2.45, 2.75) is 6.92 Å². The summed E-state index contributed by atoms with van der Waals surface area (Å²) >= 11 is 7.36. The first-order valence-corrected chi connectivity index (χ1v) is 11.6. The smallest absolute Gasteiger partial charge is 0.267 e. The van der Waals surface area contributed by atoms with Crippen LogP contribution in [0, 0.1) is 6.92 Å². The molecule has 0 saturated heterocycles. The van der Waals surface area contributed by atoms with Gasteiger partial charge in [-0.05, 0) is 42.3 Å². The third-order valence-corrected chi connectivity index (χ3v) is 6.75. The number of hydrogen-bond donors (Lipinski definition) is 2. The second-order valence-corrected chi connectivity index (χ2v) is 9.21. The van der Waals surface area contributed by atoms with Crippen LogP contribution in [0.1, 0.15) is 15.2 Å². The van der Waals surface area contributed by atoms with Gasteiger partial charge in [-0.1, -0.05) is 77.8 Å². The molecule has 0 fully saturated rings. The number of nitrogens with zero attached hydrogens (tertiary/aromatic N) is 1. The van der Waals surface area contributed by atoms with E-state index in [1.165, 1.54) is 16.9 Å². The summed E-state index contributed by atoms with van der Waals surface area (Å²) in [6.07, 6.45) is 0. The van der Waals surface area contributed by atoms with E-state index in [9.17, 15) is 4.79 Å². The van der Waals surface area contributed by atoms with Gasteiger partial charge in [0, 0.05) is 21.7 Å². The zero-order valence-electron chi connectivity index (χ0n) is 17.8. The van der Waals surface area contributed by atoms with Gasteiger partial charge in [0.1, 0.15) is 9.71 Å². The van der Waals surface area contributed by atoms with E-state index in [2.05, 4.69) is 36.5 Å². The molecule has 0 aliphatic heterocycles. The lowest BCUT2D eigenvalue weighted by Gasteiger charge is -2.09. The molecule has 0 bridgehead atoms. The lowest BCUT2D eigenvalue weighted by atomic mass is 9.99. The number of amides is 1. The quantitative estimate of drug-likeness (QED) is 0.287. The number of carbonyl (C=O) groups is 1. The molecule has 0 radical (unpaired) electrons. The van der Waals surface area contributed by atoms with E-state index in [1.54, 1.807) is 24.3 Å². The van der Waals surface area contributed by atoms with Gasteiger partial charge in [-0.15, -0.1) is 11.3 Å². The first kappa shape index (κ1) is 21.2. The Bertz CT molecular complexity index is 1480. The van der Waals surface area contributed by atoms with E-state index >= 15 is 0 Å². The highest BCUT2D eigenvalue weighted by Crippen LogP contribution is 2.41. The molecule has 33 heavy (non-hydrogen) atoms. The zero-order valence-corrected chi connectivity index (χ0v) is 19.4. The molecule has 0 unspecified atom stereocenters. The van der Waals surface area contributed by atoms with Gasteiger partial charge < -0.3 is 11.1 Å². The lowest BCUT2D eigenvalue weighted by Crippen LogP contribution is -2.11. The standard InChI is InChI=1S/C27H20ClN3OS/c1-16-10-12-18(13-11-16)22-15-21(17-6-3-2-4-7-17)23-24(29)25(33-27(23)31-22)26(32)30-20-9-5-8-19(28)14-20/h2-15H,29H2,1H3,(H,30,32). The Labute approximate surface area is 200 Å². The second kappa shape index (κ2) is 8.70. The van der Waals surface area contributed by atoms with Gasteiger partial charge in [-0.2, -0.15) is 0 Å². The molecule has 2 aromatic heterocycles. The highest BCUT2D eigenvalue weighted by molar-refractivity contribution is 7.21. The van der Waals surface area contributed by atoms with Gasteiger partial charge in [-0.25, -0.2) is 4.98 Å². The minimum atomic E-state index is -0.284. The SMILES string of the molecule is Cc1ccc(-c2cc(-c3ccccc3)c3c(N)c(C(=O)Nc4cccc(Cl)c4)sc3n2)cc1. The molecular formula is C27H20ClN3OS. The maximum atomic E-state index is 13.1. The van der Waals surface area contributed by atoms with Crippen LogP contribution in [0.4, 0.5) is 11.4 Å². The van der Waals surface area contributed by atoms with Crippen molar-refractivity contribution in [2.75, 3.05) is 11.1 Å². The lowest BCUT2D eigenvalue weighted by molar-refractivity contribution is 0.103. The predicted molar refractivity (Wildman–Crippen MR) is 139 cm³/mol. The van der Waals surface area contributed by atoms with E-state index in [-0.39, 0.29) is 5.91 Å². The average Bonchev–Trinajstić information content (AvgIpc) is 3.16. The van der Waals surface area contributed by atoms with Gasteiger partial charge in [0.2, 0.25) is 0 Å². The second-order valence-electron chi connectivity index (χ2n) is 7.78. The maximum absolute atomic E-state index is 13.1. The van der Waals surface area contributed by atoms with Crippen molar-refractivity contribution in [3.05, 3.63) is 100 Å². The largest absolute Gasteiger partial charge is 0.397 e. The Morgan fingerprint density at radius 2 is 1.70 bits per heavy atom. The molecule has 162 valence electrons. The van der Waals surface area contributed by atoms with E-state index in [0.717, 1.165) is 32.6 Å². The molecule has 3 N–H and O–H groups in total. The molecule has 3 aromatic carbocycles. The van der Waals surface area contributed by atoms with Gasteiger partial charge in [0.25, 0.3) is 5.91 Å². The molecule has 4 nitrogen and oxygen atoms in total. The number of halogens is 1. The number of nitrogen functional groups attached to an aromatic ring is 1. The Hall–Kier alpha value is -3.67. The number of fused-ring (bicyclic) bond motifs is 1. The van der Waals surface area contributed by atoms with Crippen LogP contribution < -0.4 is 11.1 Å². The molecule has 0 saturated carbocycles. The van der Waals surface area contributed by atoms with Crippen molar-refractivity contribution in [2.24, 2.45) is 0 Å². The van der Waals surface area contributed by atoms with Gasteiger partial charge in [0.15, 0.2) is 0 Å². The van der Waals surface area contributed by atoms with Crippen molar-refractivity contribution in [1.82, 2.24) is 4.98 Å². The summed E-state index contributed by atoms with van der Waals surface area (Å²) in [6, 6.07) is 27.4. The van der Waals surface area contributed by atoms with Crippen LogP contribution in [0.5, 0.6) is 0 Å². The van der Waals surface area contributed by atoms with Crippen molar-refractivity contribution in [3.63, 3.8) is 0 Å². The molecule has 0 atom stereocenters. The van der Waals surface area contributed by atoms with E-state index in [4.69, 9.17) is 22.3 Å². The molecule has 0 aliphatic rings. The molecular weight excluding hydrogens is 450 g/mol. The van der Waals surface area contributed by atoms with E-state index in [0.29, 0.717) is 21.3 Å². The third kappa shape index (κ3) is 4.21. The van der Waals surface area contributed by atoms with Crippen LogP contribution in [0.15, 0.2) is 84.9 Å². The van der Waals surface area contributed by atoms with Crippen LogP contribution in [0.3, 0.4) is 0 Å². The summed E-state index contributed by atoms with van der Waals surface area (Å²) in [5.74, 6) is -0.284. The number of hydrogen-bond acceptors (Lipinski definition) is 4. The fourth-order valence-corrected chi connectivity index (χ4v) is 4.97. The Balaban J connectivity index is 1.66. The highest BCUT2D eigenvalue weighted by Gasteiger charge is 2.22. The van der Waals surface area contributed by atoms with E-state index < -0.39 is 0 Å². The summed E-state index contributed by atoms with van der Waals surface area (Å²) in [5.41, 5.74) is 12.6. The summed E-state index contributed by atoms with van der Waals surface area (Å²) < 4.78 is 0. The fraction of sp³-hybridized carbons (Fsp3) is 0.0370. The molecule has 5 rings (SSSR count). The van der Waals surface area contributed by atoms with Crippen LogP contribution in [0.25, 0.3) is 32.6 Å². The minimum absolute atomic E-state index is 0.284. The topological polar surface area (TPSA) is 68.0 Å². The van der Waals surface area contributed by atoms with Crippen LogP contribution in [-0.4, -0.2) is 10.9 Å². The van der Waals surface area contributed by atoms with Crippen molar-refractivity contribution in [3.8, 4) is 22.4 Å². The minimum Gasteiger partial charge on any atom is -0.397 e. The van der Waals surface area contributed by atoms with Crippen LogP contribution in [-0.2, 0) is 0 Å². The highest BCUT2D eigenvalue weighted by atomic mass is 35.5. The van der Waals surface area contributed by atoms with Gasteiger partial charge >= 0.3 is 0 Å². The Morgan fingerprint density at radius 3 is 2.42 bits per heavy atom. The van der Waals surface area contributed by atoms with Gasteiger partial charge in [-0.3, -0.25) is 4.79 Å². The Kier molecular flexibility index (Phi) is 5.58. The molecule has 2 heterocycles. The first-order valence-electron chi connectivity index (χ1n) is 10.4. The van der Waals surface area contributed by atoms with Crippen molar-refractivity contribution in [1.29, 1.82) is 0 Å². The number of anilines is 2. The summed E-state index contributed by atoms with van der Waals surface area (Å²) in [4.78, 5) is 19.1. The number of benzene rings is 3. The van der Waals surface area contributed by atoms with E-state index in [1.807, 2.05) is 36.4 Å². The number of nitrogens with one attached hydrogen (secondary N) is 1. The van der Waals surface area contributed by atoms with Crippen molar-refractivity contribution < 1.29 is 4.79 Å². The third-order valence-electron chi connectivity index (χ3n) is 5.42. The van der Waals surface area contributed by atoms with Gasteiger partial charge in [0.05, 0.1) is 11.4 Å². The zero-order chi connectivity index (χ0) is 22.9. The molecule has 0 aliphatic carbocycles. The summed E-state index contributed by atoms with van der Waals surface area (Å²) in [7, 11) is 0. The summed E-state index contributed by atoms with van der Waals surface area (Å²) in [5, 5.41) is 4.23. The van der Waals surface area contributed by atoms with Crippen molar-refractivity contribution >= 4 is 50.4 Å². The molecule has 6 heteroatoms. The maximum Gasteiger partial charge on any atom is 0.267 e. The predicted octanol–water partition coefficient (Wildman–Crippen LogP) is 7.43. The normalized spacial score (nSPS) is 11.0. The number of thiophene rings is 1. The van der Waals surface area contributed by atoms with Crippen LogP contribution in [0.2, 0.25) is 5.02 Å². The molecule has 1 amide bonds. The number of aryl methyl sites for hydroxylation is 1. The number of nitrogens with two attached hydrogens (primary N) is 1. The van der Waals surface area contributed by atoms with Crippen LogP contribution >= 0.6 is 22.9 Å². The summed E-state index contributed by atoms with van der Waals surface area (Å²) in [6.45, 7) is 2.06. The molecule has 5 aromatic rings.